The number of hydrogen-bond acceptors (Lipinski definition) is 2. The Morgan fingerprint density at radius 2 is 2.40 bits per heavy atom. The molecule has 0 aliphatic carbocycles. The Labute approximate surface area is 65.4 Å². The quantitative estimate of drug-likeness (QED) is 0.613. The Hall–Kier alpha value is -0.570. The van der Waals surface area contributed by atoms with Crippen molar-refractivity contribution in [2.75, 3.05) is 0 Å². The summed E-state index contributed by atoms with van der Waals surface area (Å²) in [5.74, 6) is 0.981. The molecule has 1 rings (SSSR count). The van der Waals surface area contributed by atoms with Gasteiger partial charge >= 0.3 is 0 Å². The summed E-state index contributed by atoms with van der Waals surface area (Å²) in [6.07, 6.45) is 2.08. The molecule has 0 aliphatic rings. The van der Waals surface area contributed by atoms with E-state index in [9.17, 15) is 0 Å². The molecule has 10 heavy (non-hydrogen) atoms. The first-order valence-corrected chi connectivity index (χ1v) is 3.81. The third-order valence-electron chi connectivity index (χ3n) is 1.35. The second-order valence-corrected chi connectivity index (χ2v) is 2.71. The van der Waals surface area contributed by atoms with Crippen molar-refractivity contribution in [1.82, 2.24) is 4.74 Å². The summed E-state index contributed by atoms with van der Waals surface area (Å²) in [5.41, 5.74) is 0. The molecule has 0 radical (unpaired) electrons. The van der Waals surface area contributed by atoms with Gasteiger partial charge in [0.05, 0.1) is 0 Å². The van der Waals surface area contributed by atoms with Gasteiger partial charge in [-0.2, -0.15) is 0 Å². The minimum atomic E-state index is 0.767. The van der Waals surface area contributed by atoms with Crippen LogP contribution in [0.4, 0.5) is 0 Å². The molecule has 3 heteroatoms. The Kier molecular flexibility index (Phi) is 2.27. The zero-order chi connectivity index (χ0) is 7.56. The fourth-order valence-corrected chi connectivity index (χ4v) is 1.01. The van der Waals surface area contributed by atoms with Gasteiger partial charge in [0.25, 0.3) is 0 Å². The van der Waals surface area contributed by atoms with E-state index >= 15 is 0 Å². The molecule has 0 spiro atoms. The van der Waals surface area contributed by atoms with Gasteiger partial charge in [0, 0.05) is 19.5 Å². The molecular formula is C7H11NOS. The van der Waals surface area contributed by atoms with Gasteiger partial charge in [0.1, 0.15) is 10.4 Å². The predicted molar refractivity (Wildman–Crippen MR) is 42.5 cm³/mol. The van der Waals surface area contributed by atoms with Crippen LogP contribution in [0.2, 0.25) is 0 Å². The van der Waals surface area contributed by atoms with E-state index in [0.717, 1.165) is 23.2 Å². The maximum absolute atomic E-state index is 5.27. The minimum Gasteiger partial charge on any atom is -0.383 e. The molecule has 56 valence electrons. The van der Waals surface area contributed by atoms with Crippen molar-refractivity contribution in [2.24, 2.45) is 7.05 Å². The predicted octanol–water partition coefficient (Wildman–Crippen LogP) is 2.30. The molecule has 0 saturated heterocycles. The first-order valence-electron chi connectivity index (χ1n) is 3.40. The molecule has 1 aromatic rings. The Bertz CT molecular complexity index is 261. The molecule has 2 nitrogen and oxygen atoms in total. The van der Waals surface area contributed by atoms with Crippen molar-refractivity contribution < 1.29 is 4.52 Å². The van der Waals surface area contributed by atoms with E-state index < -0.39 is 0 Å². The lowest BCUT2D eigenvalue weighted by Gasteiger charge is -1.88. The van der Waals surface area contributed by atoms with Crippen LogP contribution in [-0.2, 0) is 13.5 Å². The largest absolute Gasteiger partial charge is 0.383 e. The summed E-state index contributed by atoms with van der Waals surface area (Å²) in [5, 5.41) is 0. The van der Waals surface area contributed by atoms with Crippen LogP contribution in [0, 0.1) is 4.64 Å². The van der Waals surface area contributed by atoms with Crippen molar-refractivity contribution in [3.63, 3.8) is 0 Å². The minimum absolute atomic E-state index is 0.767. The summed E-state index contributed by atoms with van der Waals surface area (Å²) in [6.45, 7) is 2.12. The van der Waals surface area contributed by atoms with Crippen LogP contribution in [0.3, 0.4) is 0 Å². The summed E-state index contributed by atoms with van der Waals surface area (Å²) >= 11 is 4.96. The molecular weight excluding hydrogens is 146 g/mol. The third kappa shape index (κ3) is 1.48. The monoisotopic (exact) mass is 157 g/mol. The van der Waals surface area contributed by atoms with Crippen molar-refractivity contribution in [3.8, 4) is 0 Å². The molecule has 0 bridgehead atoms. The SMILES string of the molecule is CCCc1cc(=S)n(C)o1. The standard InChI is InChI=1S/C7H11NOS/c1-3-4-6-5-7(10)8(2)9-6/h5H,3-4H2,1-2H3. The van der Waals surface area contributed by atoms with Gasteiger partial charge in [-0.15, -0.1) is 0 Å². The number of hydrogen-bond donors (Lipinski definition) is 0. The highest BCUT2D eigenvalue weighted by atomic mass is 32.1. The molecule has 1 heterocycles. The molecule has 0 saturated carbocycles. The number of rotatable bonds is 2. The van der Waals surface area contributed by atoms with Crippen molar-refractivity contribution in [1.29, 1.82) is 0 Å². The Balaban J connectivity index is 2.88. The lowest BCUT2D eigenvalue weighted by molar-refractivity contribution is 0.279. The van der Waals surface area contributed by atoms with Crippen LogP contribution >= 0.6 is 12.2 Å². The van der Waals surface area contributed by atoms with E-state index in [1.54, 1.807) is 4.74 Å². The van der Waals surface area contributed by atoms with Crippen molar-refractivity contribution >= 4 is 12.2 Å². The average Bonchev–Trinajstić information content (AvgIpc) is 2.14. The molecule has 0 N–H and O–H groups in total. The van der Waals surface area contributed by atoms with E-state index in [2.05, 4.69) is 6.92 Å². The van der Waals surface area contributed by atoms with Gasteiger partial charge in [-0.05, 0) is 6.42 Å². The highest BCUT2D eigenvalue weighted by molar-refractivity contribution is 7.71. The fourth-order valence-electron chi connectivity index (χ4n) is 0.840. The maximum atomic E-state index is 5.27. The van der Waals surface area contributed by atoms with Crippen molar-refractivity contribution in [2.45, 2.75) is 19.8 Å². The molecule has 0 aliphatic heterocycles. The van der Waals surface area contributed by atoms with Crippen LogP contribution in [0.5, 0.6) is 0 Å². The number of aromatic nitrogens is 1. The number of nitrogens with zero attached hydrogens (tertiary/aromatic N) is 1. The zero-order valence-corrected chi connectivity index (χ0v) is 7.07. The van der Waals surface area contributed by atoms with E-state index in [4.69, 9.17) is 16.7 Å². The summed E-state index contributed by atoms with van der Waals surface area (Å²) in [7, 11) is 1.82. The van der Waals surface area contributed by atoms with Crippen LogP contribution in [0.1, 0.15) is 19.1 Å². The van der Waals surface area contributed by atoms with Crippen LogP contribution in [-0.4, -0.2) is 4.74 Å². The van der Waals surface area contributed by atoms with Gasteiger partial charge in [0.15, 0.2) is 0 Å². The fraction of sp³-hybridized carbons (Fsp3) is 0.571. The normalized spacial score (nSPS) is 10.2. The highest BCUT2D eigenvalue weighted by Gasteiger charge is 1.96. The maximum Gasteiger partial charge on any atom is 0.141 e. The van der Waals surface area contributed by atoms with E-state index in [-0.39, 0.29) is 0 Å². The van der Waals surface area contributed by atoms with E-state index in [1.807, 2.05) is 13.1 Å². The van der Waals surface area contributed by atoms with Gasteiger partial charge in [0.2, 0.25) is 0 Å². The Morgan fingerprint density at radius 3 is 2.80 bits per heavy atom. The van der Waals surface area contributed by atoms with Crippen LogP contribution < -0.4 is 0 Å². The number of aryl methyl sites for hydroxylation is 2. The third-order valence-corrected chi connectivity index (χ3v) is 1.72. The van der Waals surface area contributed by atoms with Gasteiger partial charge < -0.3 is 4.52 Å². The zero-order valence-electron chi connectivity index (χ0n) is 6.26. The molecule has 0 fully saturated rings. The first-order chi connectivity index (χ1) is 4.74. The van der Waals surface area contributed by atoms with Crippen molar-refractivity contribution in [3.05, 3.63) is 16.5 Å². The Morgan fingerprint density at radius 1 is 1.70 bits per heavy atom. The first kappa shape index (κ1) is 7.54. The van der Waals surface area contributed by atoms with Crippen LogP contribution in [0.15, 0.2) is 10.6 Å². The summed E-state index contributed by atoms with van der Waals surface area (Å²) in [4.78, 5) is 0. The molecule has 0 atom stereocenters. The van der Waals surface area contributed by atoms with E-state index in [1.165, 1.54) is 0 Å². The summed E-state index contributed by atoms with van der Waals surface area (Å²) in [6, 6.07) is 1.90. The smallest absolute Gasteiger partial charge is 0.141 e. The second-order valence-electron chi connectivity index (χ2n) is 2.29. The topological polar surface area (TPSA) is 18.1 Å². The average molecular weight is 157 g/mol. The van der Waals surface area contributed by atoms with Gasteiger partial charge in [-0.1, -0.05) is 19.1 Å². The highest BCUT2D eigenvalue weighted by Crippen LogP contribution is 2.04. The lowest BCUT2D eigenvalue weighted by Crippen LogP contribution is -1.82. The second kappa shape index (κ2) is 3.01. The molecule has 1 aromatic heterocycles. The summed E-state index contributed by atoms with van der Waals surface area (Å²) < 4.78 is 7.65. The lowest BCUT2D eigenvalue weighted by atomic mass is 10.3. The van der Waals surface area contributed by atoms with E-state index in [0.29, 0.717) is 0 Å². The van der Waals surface area contributed by atoms with Crippen LogP contribution in [0.25, 0.3) is 0 Å². The molecule has 0 aromatic carbocycles. The van der Waals surface area contributed by atoms with Gasteiger partial charge in [-0.25, -0.2) is 4.74 Å². The molecule has 0 unspecified atom stereocenters. The molecule has 0 amide bonds. The van der Waals surface area contributed by atoms with Gasteiger partial charge in [-0.3, -0.25) is 0 Å².